The van der Waals surface area contributed by atoms with Gasteiger partial charge in [0.25, 0.3) is 0 Å². The van der Waals surface area contributed by atoms with Gasteiger partial charge in [0.1, 0.15) is 11.7 Å². The van der Waals surface area contributed by atoms with Crippen LogP contribution in [0.3, 0.4) is 0 Å². The minimum absolute atomic E-state index is 0.0129. The fourth-order valence-electron chi connectivity index (χ4n) is 2.76. The first-order valence-corrected chi connectivity index (χ1v) is 7.67. The van der Waals surface area contributed by atoms with Gasteiger partial charge in [-0.15, -0.1) is 11.6 Å². The van der Waals surface area contributed by atoms with Crippen LogP contribution >= 0.6 is 11.6 Å². The van der Waals surface area contributed by atoms with Crippen LogP contribution < -0.4 is 4.90 Å². The van der Waals surface area contributed by atoms with Crippen LogP contribution in [0.2, 0.25) is 0 Å². The number of hydrogen-bond donors (Lipinski definition) is 0. The average molecular weight is 304 g/mol. The quantitative estimate of drug-likeness (QED) is 0.800. The highest BCUT2D eigenvalue weighted by atomic mass is 35.5. The highest BCUT2D eigenvalue weighted by molar-refractivity contribution is 6.27. The second kappa shape index (κ2) is 5.90. The number of hydrogen-bond acceptors (Lipinski definition) is 3. The summed E-state index contributed by atoms with van der Waals surface area (Å²) in [7, 11) is 0. The smallest absolute Gasteiger partial charge is 0.237 e. The van der Waals surface area contributed by atoms with Crippen LogP contribution in [-0.4, -0.2) is 47.9 Å². The molecule has 3 rings (SSSR count). The number of aryl methyl sites for hydroxylation is 1. The molecule has 1 fully saturated rings. The number of amides is 1. The van der Waals surface area contributed by atoms with Crippen LogP contribution in [0.4, 0.5) is 5.82 Å². The summed E-state index contributed by atoms with van der Waals surface area (Å²) in [5.74, 6) is 1.07. The van der Waals surface area contributed by atoms with Crippen molar-refractivity contribution in [2.45, 2.75) is 6.92 Å². The monoisotopic (exact) mass is 303 g/mol. The minimum atomic E-state index is 0.0129. The maximum absolute atomic E-state index is 11.6. The zero-order chi connectivity index (χ0) is 14.8. The van der Waals surface area contributed by atoms with Gasteiger partial charge in [-0.1, -0.05) is 18.2 Å². The molecule has 5 heteroatoms. The number of alkyl halides is 1. The first kappa shape index (κ1) is 14.1. The van der Waals surface area contributed by atoms with E-state index in [1.807, 2.05) is 23.1 Å². The van der Waals surface area contributed by atoms with Gasteiger partial charge in [0.15, 0.2) is 0 Å². The van der Waals surface area contributed by atoms with Crippen molar-refractivity contribution in [2.24, 2.45) is 0 Å². The zero-order valence-electron chi connectivity index (χ0n) is 12.1. The maximum atomic E-state index is 11.6. The Hall–Kier alpha value is -1.81. The molecule has 0 N–H and O–H groups in total. The van der Waals surface area contributed by atoms with Gasteiger partial charge in [-0.25, -0.2) is 4.98 Å². The fourth-order valence-corrected chi connectivity index (χ4v) is 2.93. The topological polar surface area (TPSA) is 36.4 Å². The van der Waals surface area contributed by atoms with Crippen LogP contribution in [0.15, 0.2) is 30.3 Å². The van der Waals surface area contributed by atoms with Crippen LogP contribution in [-0.2, 0) is 4.79 Å². The Morgan fingerprint density at radius 1 is 1.24 bits per heavy atom. The number of halogens is 1. The maximum Gasteiger partial charge on any atom is 0.237 e. The van der Waals surface area contributed by atoms with Gasteiger partial charge in [-0.3, -0.25) is 4.79 Å². The minimum Gasteiger partial charge on any atom is -0.353 e. The van der Waals surface area contributed by atoms with Gasteiger partial charge < -0.3 is 9.80 Å². The molecule has 1 aliphatic heterocycles. The van der Waals surface area contributed by atoms with E-state index in [9.17, 15) is 4.79 Å². The van der Waals surface area contributed by atoms with E-state index in [0.717, 1.165) is 24.4 Å². The molecule has 110 valence electrons. The van der Waals surface area contributed by atoms with Crippen molar-refractivity contribution >= 4 is 34.2 Å². The number of fused-ring (bicyclic) bond motifs is 1. The molecular formula is C16H18ClN3O. The molecule has 2 aromatic rings. The highest BCUT2D eigenvalue weighted by Gasteiger charge is 2.21. The normalized spacial score (nSPS) is 15.5. The second-order valence-corrected chi connectivity index (χ2v) is 5.58. The Bertz CT molecular complexity index is 666. The van der Waals surface area contributed by atoms with Crippen molar-refractivity contribution < 1.29 is 4.79 Å². The average Bonchev–Trinajstić information content (AvgIpc) is 2.54. The Morgan fingerprint density at radius 3 is 2.67 bits per heavy atom. The molecule has 1 amide bonds. The molecule has 0 saturated carbocycles. The number of aromatic nitrogens is 1. The van der Waals surface area contributed by atoms with Crippen LogP contribution in [0, 0.1) is 6.92 Å². The fraction of sp³-hybridized carbons (Fsp3) is 0.375. The SMILES string of the molecule is Cc1cc(N2CCN(C(=O)CCl)CC2)nc2ccccc12. The first-order chi connectivity index (χ1) is 10.2. The molecule has 2 heterocycles. The number of carbonyl (C=O) groups is 1. The van der Waals surface area contributed by atoms with E-state index in [1.165, 1.54) is 10.9 Å². The van der Waals surface area contributed by atoms with Gasteiger partial charge in [-0.05, 0) is 24.6 Å². The second-order valence-electron chi connectivity index (χ2n) is 5.32. The summed E-state index contributed by atoms with van der Waals surface area (Å²) in [6, 6.07) is 10.3. The lowest BCUT2D eigenvalue weighted by Gasteiger charge is -2.35. The van der Waals surface area contributed by atoms with E-state index in [0.29, 0.717) is 13.1 Å². The van der Waals surface area contributed by atoms with Crippen molar-refractivity contribution in [3.8, 4) is 0 Å². The Kier molecular flexibility index (Phi) is 3.97. The van der Waals surface area contributed by atoms with Crippen LogP contribution in [0.5, 0.6) is 0 Å². The molecule has 1 aromatic carbocycles. The van der Waals surface area contributed by atoms with Crippen molar-refractivity contribution in [1.29, 1.82) is 0 Å². The number of nitrogens with zero attached hydrogens (tertiary/aromatic N) is 3. The molecule has 0 radical (unpaired) electrons. The molecule has 1 saturated heterocycles. The predicted molar refractivity (Wildman–Crippen MR) is 86.0 cm³/mol. The molecule has 0 spiro atoms. The summed E-state index contributed by atoms with van der Waals surface area (Å²) in [6.45, 7) is 5.12. The highest BCUT2D eigenvalue weighted by Crippen LogP contribution is 2.23. The summed E-state index contributed by atoms with van der Waals surface area (Å²) in [4.78, 5) is 20.4. The lowest BCUT2D eigenvalue weighted by Crippen LogP contribution is -2.49. The lowest BCUT2D eigenvalue weighted by molar-refractivity contribution is -0.128. The van der Waals surface area contributed by atoms with Crippen LogP contribution in [0.25, 0.3) is 10.9 Å². The first-order valence-electron chi connectivity index (χ1n) is 7.14. The Labute approximate surface area is 129 Å². The zero-order valence-corrected chi connectivity index (χ0v) is 12.8. The Balaban J connectivity index is 1.81. The molecule has 1 aromatic heterocycles. The molecule has 21 heavy (non-hydrogen) atoms. The summed E-state index contributed by atoms with van der Waals surface area (Å²) in [6.07, 6.45) is 0. The number of anilines is 1. The molecule has 0 aliphatic carbocycles. The number of rotatable bonds is 2. The largest absolute Gasteiger partial charge is 0.353 e. The number of para-hydroxylation sites is 1. The van der Waals surface area contributed by atoms with E-state index in [-0.39, 0.29) is 11.8 Å². The van der Waals surface area contributed by atoms with E-state index >= 15 is 0 Å². The third-order valence-electron chi connectivity index (χ3n) is 3.98. The van der Waals surface area contributed by atoms with Crippen molar-refractivity contribution in [1.82, 2.24) is 9.88 Å². The van der Waals surface area contributed by atoms with E-state index in [1.54, 1.807) is 0 Å². The molecule has 4 nitrogen and oxygen atoms in total. The predicted octanol–water partition coefficient (Wildman–Crippen LogP) is 2.43. The van der Waals surface area contributed by atoms with Gasteiger partial charge in [-0.2, -0.15) is 0 Å². The third-order valence-corrected chi connectivity index (χ3v) is 4.21. The number of carbonyl (C=O) groups excluding carboxylic acids is 1. The number of piperazine rings is 1. The van der Waals surface area contributed by atoms with Gasteiger partial charge in [0.05, 0.1) is 5.52 Å². The van der Waals surface area contributed by atoms with E-state index in [4.69, 9.17) is 16.6 Å². The molecular weight excluding hydrogens is 286 g/mol. The summed E-state index contributed by atoms with van der Waals surface area (Å²) >= 11 is 5.61. The number of benzene rings is 1. The third kappa shape index (κ3) is 2.81. The molecule has 0 atom stereocenters. The van der Waals surface area contributed by atoms with Crippen molar-refractivity contribution in [3.63, 3.8) is 0 Å². The van der Waals surface area contributed by atoms with Gasteiger partial charge in [0.2, 0.25) is 5.91 Å². The van der Waals surface area contributed by atoms with Crippen molar-refractivity contribution in [3.05, 3.63) is 35.9 Å². The molecule has 1 aliphatic rings. The van der Waals surface area contributed by atoms with E-state index < -0.39 is 0 Å². The standard InChI is InChI=1S/C16H18ClN3O/c1-12-10-15(18-14-5-3-2-4-13(12)14)19-6-8-20(9-7-19)16(21)11-17/h2-5,10H,6-9,11H2,1H3. The van der Waals surface area contributed by atoms with Crippen LogP contribution in [0.1, 0.15) is 5.56 Å². The van der Waals surface area contributed by atoms with E-state index in [2.05, 4.69) is 24.0 Å². The lowest BCUT2D eigenvalue weighted by atomic mass is 10.1. The van der Waals surface area contributed by atoms with Gasteiger partial charge >= 0.3 is 0 Å². The number of pyridine rings is 1. The molecule has 0 bridgehead atoms. The molecule has 0 unspecified atom stereocenters. The Morgan fingerprint density at radius 2 is 1.95 bits per heavy atom. The summed E-state index contributed by atoms with van der Waals surface area (Å²) in [5.41, 5.74) is 2.25. The summed E-state index contributed by atoms with van der Waals surface area (Å²) in [5, 5.41) is 1.19. The summed E-state index contributed by atoms with van der Waals surface area (Å²) < 4.78 is 0. The van der Waals surface area contributed by atoms with Gasteiger partial charge in [0, 0.05) is 31.6 Å². The van der Waals surface area contributed by atoms with Crippen molar-refractivity contribution in [2.75, 3.05) is 37.0 Å².